The predicted octanol–water partition coefficient (Wildman–Crippen LogP) is 4.17. The molecule has 140 valence electrons. The number of hydrogen-bond acceptors (Lipinski definition) is 4. The number of carbonyl (C=O) groups excluding carboxylic acids is 1. The van der Waals surface area contributed by atoms with Crippen LogP contribution >= 0.6 is 34.8 Å². The molecule has 3 rings (SSSR count). The molecule has 0 saturated carbocycles. The maximum Gasteiger partial charge on any atom is 0.285 e. The van der Waals surface area contributed by atoms with Gasteiger partial charge >= 0.3 is 0 Å². The second kappa shape index (κ2) is 7.52. The summed E-state index contributed by atoms with van der Waals surface area (Å²) in [5, 5.41) is 0.734. The number of halogens is 3. The molecule has 1 N–H and O–H groups in total. The summed E-state index contributed by atoms with van der Waals surface area (Å²) in [4.78, 5) is 16.4. The average Bonchev–Trinajstić information content (AvgIpc) is 2.99. The van der Waals surface area contributed by atoms with Crippen molar-refractivity contribution in [3.63, 3.8) is 0 Å². The first-order valence-corrected chi connectivity index (χ1v) is 10.1. The Hall–Kier alpha value is -2.06. The summed E-state index contributed by atoms with van der Waals surface area (Å²) in [5.74, 6) is -0.453. The molecular weight excluding hydrogens is 433 g/mol. The van der Waals surface area contributed by atoms with Gasteiger partial charge in [-0.1, -0.05) is 46.9 Å². The van der Waals surface area contributed by atoms with Gasteiger partial charge in [-0.2, -0.15) is 0 Å². The van der Waals surface area contributed by atoms with E-state index in [1.165, 1.54) is 24.4 Å². The molecule has 1 aromatic heterocycles. The Balaban J connectivity index is 1.90. The van der Waals surface area contributed by atoms with Crippen molar-refractivity contribution in [2.24, 2.45) is 7.05 Å². The summed E-state index contributed by atoms with van der Waals surface area (Å²) < 4.78 is 28.3. The first-order valence-electron chi connectivity index (χ1n) is 7.49. The lowest BCUT2D eigenvalue weighted by molar-refractivity contribution is 0.0977. The van der Waals surface area contributed by atoms with Gasteiger partial charge in [-0.05, 0) is 30.3 Å². The summed E-state index contributed by atoms with van der Waals surface area (Å²) in [5.41, 5.74) is 0.550. The molecule has 0 unspecified atom stereocenters. The molecule has 0 fully saturated rings. The van der Waals surface area contributed by atoms with Crippen LogP contribution in [0.25, 0.3) is 11.4 Å². The molecule has 3 aromatic rings. The van der Waals surface area contributed by atoms with E-state index in [2.05, 4.69) is 4.98 Å². The van der Waals surface area contributed by atoms with Crippen LogP contribution in [-0.2, 0) is 17.1 Å². The number of carbonyl (C=O) groups is 1. The molecule has 2 aromatic carbocycles. The van der Waals surface area contributed by atoms with Crippen LogP contribution in [0.15, 0.2) is 53.6 Å². The lowest BCUT2D eigenvalue weighted by Crippen LogP contribution is -2.31. The van der Waals surface area contributed by atoms with E-state index in [0.717, 1.165) is 0 Å². The molecule has 27 heavy (non-hydrogen) atoms. The number of imidazole rings is 1. The quantitative estimate of drug-likeness (QED) is 0.655. The third-order valence-electron chi connectivity index (χ3n) is 3.64. The molecule has 1 amide bonds. The minimum absolute atomic E-state index is 0.00955. The van der Waals surface area contributed by atoms with Crippen molar-refractivity contribution in [2.45, 2.75) is 4.90 Å². The molecule has 0 bridgehead atoms. The molecule has 10 heteroatoms. The van der Waals surface area contributed by atoms with Crippen LogP contribution in [-0.4, -0.2) is 23.9 Å². The van der Waals surface area contributed by atoms with E-state index in [0.29, 0.717) is 21.4 Å². The van der Waals surface area contributed by atoms with Gasteiger partial charge in [0.15, 0.2) is 0 Å². The highest BCUT2D eigenvalue weighted by molar-refractivity contribution is 7.90. The van der Waals surface area contributed by atoms with Gasteiger partial charge in [-0.3, -0.25) is 4.79 Å². The van der Waals surface area contributed by atoms with E-state index in [-0.39, 0.29) is 15.6 Å². The van der Waals surface area contributed by atoms with Crippen molar-refractivity contribution in [2.75, 3.05) is 0 Å². The molecular formula is C17H12Cl3N3O3S. The fraction of sp³-hybridized carbons (Fsp3) is 0.0588. The van der Waals surface area contributed by atoms with Crippen LogP contribution in [0.4, 0.5) is 0 Å². The number of nitrogens with one attached hydrogen (secondary N) is 1. The smallest absolute Gasteiger partial charge is 0.285 e. The highest BCUT2D eigenvalue weighted by Crippen LogP contribution is 2.28. The molecule has 0 aliphatic heterocycles. The molecule has 1 heterocycles. The van der Waals surface area contributed by atoms with Crippen LogP contribution in [0.5, 0.6) is 0 Å². The summed E-state index contributed by atoms with van der Waals surface area (Å²) in [6.45, 7) is 0. The van der Waals surface area contributed by atoms with Gasteiger partial charge in [0.05, 0.1) is 15.1 Å². The topological polar surface area (TPSA) is 81.1 Å². The Morgan fingerprint density at radius 1 is 1.04 bits per heavy atom. The molecule has 6 nitrogen and oxygen atoms in total. The number of aryl methyl sites for hydroxylation is 1. The molecule has 0 atom stereocenters. The van der Waals surface area contributed by atoms with Crippen molar-refractivity contribution in [3.05, 3.63) is 69.4 Å². The van der Waals surface area contributed by atoms with Crippen molar-refractivity contribution in [1.29, 1.82) is 0 Å². The second-order valence-corrected chi connectivity index (χ2v) is 8.43. The van der Waals surface area contributed by atoms with Gasteiger partial charge in [0, 0.05) is 18.8 Å². The highest BCUT2D eigenvalue weighted by atomic mass is 35.5. The standard InChI is InChI=1S/C17H12Cl3N3O3S/c1-23-9-14(21-16(23)10-6-7-11(18)13(20)8-10)17(24)22-27(25,26)15-5-3-2-4-12(15)19/h2-9H,1H3,(H,22,24). The Morgan fingerprint density at radius 3 is 2.41 bits per heavy atom. The predicted molar refractivity (Wildman–Crippen MR) is 105 cm³/mol. The minimum atomic E-state index is -4.14. The third-order valence-corrected chi connectivity index (χ3v) is 6.21. The van der Waals surface area contributed by atoms with Crippen LogP contribution in [0, 0.1) is 0 Å². The van der Waals surface area contributed by atoms with Crippen molar-refractivity contribution < 1.29 is 13.2 Å². The van der Waals surface area contributed by atoms with E-state index < -0.39 is 15.9 Å². The summed E-state index contributed by atoms with van der Waals surface area (Å²) >= 11 is 17.8. The van der Waals surface area contributed by atoms with Gasteiger partial charge in [0.1, 0.15) is 16.4 Å². The first-order chi connectivity index (χ1) is 12.7. The van der Waals surface area contributed by atoms with Crippen molar-refractivity contribution >= 4 is 50.7 Å². The first kappa shape index (κ1) is 19.7. The Labute approximate surface area is 170 Å². The number of hydrogen-bond donors (Lipinski definition) is 1. The van der Waals surface area contributed by atoms with Crippen LogP contribution in [0.1, 0.15) is 10.5 Å². The largest absolute Gasteiger partial charge is 0.333 e. The number of sulfonamides is 1. The third kappa shape index (κ3) is 4.11. The van der Waals surface area contributed by atoms with E-state index in [1.54, 1.807) is 35.9 Å². The summed E-state index contributed by atoms with van der Waals surface area (Å²) in [7, 11) is -2.47. The highest BCUT2D eigenvalue weighted by Gasteiger charge is 2.23. The Kier molecular flexibility index (Phi) is 5.48. The van der Waals surface area contributed by atoms with Gasteiger partial charge in [0.2, 0.25) is 0 Å². The fourth-order valence-electron chi connectivity index (χ4n) is 2.37. The zero-order valence-electron chi connectivity index (χ0n) is 13.8. The Morgan fingerprint density at radius 2 is 1.74 bits per heavy atom. The molecule has 0 saturated heterocycles. The zero-order chi connectivity index (χ0) is 19.8. The maximum absolute atomic E-state index is 12.4. The lowest BCUT2D eigenvalue weighted by Gasteiger charge is -2.06. The molecule has 0 radical (unpaired) electrons. The SMILES string of the molecule is Cn1cc(C(=O)NS(=O)(=O)c2ccccc2Cl)nc1-c1ccc(Cl)c(Cl)c1. The number of nitrogens with zero attached hydrogens (tertiary/aromatic N) is 2. The normalized spacial score (nSPS) is 11.4. The molecule has 0 aliphatic rings. The Bertz CT molecular complexity index is 1140. The average molecular weight is 445 g/mol. The van der Waals surface area contributed by atoms with E-state index in [9.17, 15) is 13.2 Å². The lowest BCUT2D eigenvalue weighted by atomic mass is 10.2. The van der Waals surface area contributed by atoms with E-state index in [4.69, 9.17) is 34.8 Å². The number of amides is 1. The number of rotatable bonds is 4. The van der Waals surface area contributed by atoms with E-state index >= 15 is 0 Å². The van der Waals surface area contributed by atoms with Crippen LogP contribution < -0.4 is 4.72 Å². The van der Waals surface area contributed by atoms with Gasteiger partial charge in [-0.15, -0.1) is 0 Å². The van der Waals surface area contributed by atoms with Gasteiger partial charge < -0.3 is 4.57 Å². The van der Waals surface area contributed by atoms with Gasteiger partial charge in [-0.25, -0.2) is 18.1 Å². The monoisotopic (exact) mass is 443 g/mol. The second-order valence-electron chi connectivity index (χ2n) is 5.55. The minimum Gasteiger partial charge on any atom is -0.333 e. The van der Waals surface area contributed by atoms with E-state index in [1.807, 2.05) is 4.72 Å². The molecule has 0 spiro atoms. The molecule has 0 aliphatic carbocycles. The summed E-state index contributed by atoms with van der Waals surface area (Å²) in [6, 6.07) is 10.7. The number of aromatic nitrogens is 2. The summed E-state index contributed by atoms with van der Waals surface area (Å²) in [6.07, 6.45) is 1.41. The maximum atomic E-state index is 12.4. The number of benzene rings is 2. The fourth-order valence-corrected chi connectivity index (χ4v) is 4.15. The van der Waals surface area contributed by atoms with Crippen molar-refractivity contribution in [1.82, 2.24) is 14.3 Å². The zero-order valence-corrected chi connectivity index (χ0v) is 16.9. The van der Waals surface area contributed by atoms with Crippen LogP contribution in [0.2, 0.25) is 15.1 Å². The van der Waals surface area contributed by atoms with Crippen molar-refractivity contribution in [3.8, 4) is 11.4 Å². The van der Waals surface area contributed by atoms with Gasteiger partial charge in [0.25, 0.3) is 15.9 Å². The van der Waals surface area contributed by atoms with Crippen LogP contribution in [0.3, 0.4) is 0 Å².